The van der Waals surface area contributed by atoms with Gasteiger partial charge in [0.2, 0.25) is 0 Å². The third-order valence-corrected chi connectivity index (χ3v) is 4.39. The molecule has 1 unspecified atom stereocenters. The molecule has 3 rings (SSSR count). The summed E-state index contributed by atoms with van der Waals surface area (Å²) in [5, 5.41) is 6.98. The van der Waals surface area contributed by atoms with E-state index in [0.717, 1.165) is 29.9 Å². The van der Waals surface area contributed by atoms with Crippen molar-refractivity contribution in [1.29, 1.82) is 0 Å². The first-order chi connectivity index (χ1) is 9.74. The molecule has 1 heterocycles. The molecule has 1 aliphatic carbocycles. The molecule has 5 heteroatoms. The van der Waals surface area contributed by atoms with E-state index in [1.165, 1.54) is 18.5 Å². The van der Waals surface area contributed by atoms with E-state index in [4.69, 9.17) is 0 Å². The van der Waals surface area contributed by atoms with Crippen LogP contribution in [0.2, 0.25) is 0 Å². The first-order valence-corrected chi connectivity index (χ1v) is 8.04. The molecule has 1 atom stereocenters. The average Bonchev–Trinajstić information content (AvgIpc) is 3.15. The van der Waals surface area contributed by atoms with E-state index < -0.39 is 0 Å². The van der Waals surface area contributed by atoms with Gasteiger partial charge in [0.25, 0.3) is 0 Å². The van der Waals surface area contributed by atoms with Crippen LogP contribution >= 0.6 is 15.9 Å². The van der Waals surface area contributed by atoms with Gasteiger partial charge >= 0.3 is 0 Å². The second kappa shape index (κ2) is 6.04. The summed E-state index contributed by atoms with van der Waals surface area (Å²) in [6, 6.07) is 9.66. The third kappa shape index (κ3) is 3.45. The Labute approximate surface area is 128 Å². The molecule has 0 bridgehead atoms. The van der Waals surface area contributed by atoms with E-state index in [0.29, 0.717) is 12.1 Å². The van der Waals surface area contributed by atoms with Crippen molar-refractivity contribution in [2.75, 3.05) is 25.0 Å². The quantitative estimate of drug-likeness (QED) is 0.657. The number of benzene rings is 1. The molecule has 0 amide bonds. The lowest BCUT2D eigenvalue weighted by Gasteiger charge is -2.20. The molecule has 2 aliphatic rings. The molecule has 2 fully saturated rings. The largest absolute Gasteiger partial charge is 0.369 e. The zero-order valence-electron chi connectivity index (χ0n) is 11.8. The topological polar surface area (TPSA) is 39.7 Å². The second-order valence-corrected chi connectivity index (χ2v) is 6.46. The highest BCUT2D eigenvalue weighted by Gasteiger charge is 2.26. The number of rotatable bonds is 3. The van der Waals surface area contributed by atoms with Gasteiger partial charge in [0, 0.05) is 42.4 Å². The molecule has 1 aromatic carbocycles. The molecule has 108 valence electrons. The first-order valence-electron chi connectivity index (χ1n) is 7.25. The smallest absolute Gasteiger partial charge is 0.191 e. The summed E-state index contributed by atoms with van der Waals surface area (Å²) in [7, 11) is 1.85. The highest BCUT2D eigenvalue weighted by molar-refractivity contribution is 9.10. The minimum Gasteiger partial charge on any atom is -0.369 e. The van der Waals surface area contributed by atoms with Crippen LogP contribution in [0.3, 0.4) is 0 Å². The van der Waals surface area contributed by atoms with E-state index >= 15 is 0 Å². The van der Waals surface area contributed by atoms with Crippen LogP contribution in [0.15, 0.2) is 33.7 Å². The van der Waals surface area contributed by atoms with Gasteiger partial charge in [0.15, 0.2) is 5.96 Å². The van der Waals surface area contributed by atoms with Crippen LogP contribution in [0.5, 0.6) is 0 Å². The minimum atomic E-state index is 0.476. The Morgan fingerprint density at radius 1 is 1.15 bits per heavy atom. The van der Waals surface area contributed by atoms with Crippen molar-refractivity contribution in [3.8, 4) is 0 Å². The third-order valence-electron chi connectivity index (χ3n) is 3.86. The van der Waals surface area contributed by atoms with Gasteiger partial charge < -0.3 is 15.5 Å². The zero-order valence-corrected chi connectivity index (χ0v) is 13.4. The maximum atomic E-state index is 4.31. The van der Waals surface area contributed by atoms with Gasteiger partial charge in [-0.25, -0.2) is 0 Å². The van der Waals surface area contributed by atoms with Crippen LogP contribution in [0.4, 0.5) is 5.69 Å². The first kappa shape index (κ1) is 13.7. The average molecular weight is 337 g/mol. The standard InChI is InChI=1S/C15H21BrN4/c1-17-15(18-12-4-5-12)19-13-8-9-20(10-13)14-6-2-11(16)3-7-14/h2-3,6-7,12-13H,4-5,8-10H2,1H3,(H2,17,18,19). The molecule has 0 spiro atoms. The Balaban J connectivity index is 1.54. The predicted molar refractivity (Wildman–Crippen MR) is 87.4 cm³/mol. The van der Waals surface area contributed by atoms with E-state index in [2.05, 4.69) is 60.7 Å². The SMILES string of the molecule is CN=C(NC1CC1)NC1CCN(c2ccc(Br)cc2)C1. The van der Waals surface area contributed by atoms with Gasteiger partial charge in [0.1, 0.15) is 0 Å². The summed E-state index contributed by atoms with van der Waals surface area (Å²) in [4.78, 5) is 6.74. The second-order valence-electron chi connectivity index (χ2n) is 5.54. The van der Waals surface area contributed by atoms with Crippen LogP contribution in [0, 0.1) is 0 Å². The normalized spacial score (nSPS) is 23.0. The highest BCUT2D eigenvalue weighted by Crippen LogP contribution is 2.23. The number of aliphatic imine (C=N–C) groups is 1. The number of anilines is 1. The molecule has 4 nitrogen and oxygen atoms in total. The number of halogens is 1. The van der Waals surface area contributed by atoms with Crippen molar-refractivity contribution in [1.82, 2.24) is 10.6 Å². The molecule has 1 aliphatic heterocycles. The molecule has 1 saturated carbocycles. The van der Waals surface area contributed by atoms with E-state index in [9.17, 15) is 0 Å². The predicted octanol–water partition coefficient (Wildman–Crippen LogP) is 2.36. The highest BCUT2D eigenvalue weighted by atomic mass is 79.9. The molecular weight excluding hydrogens is 316 g/mol. The maximum Gasteiger partial charge on any atom is 0.191 e. The lowest BCUT2D eigenvalue weighted by atomic mass is 10.3. The van der Waals surface area contributed by atoms with Gasteiger partial charge in [0.05, 0.1) is 0 Å². The molecule has 1 saturated heterocycles. The molecular formula is C15H21BrN4. The zero-order chi connectivity index (χ0) is 13.9. The van der Waals surface area contributed by atoms with Crippen molar-refractivity contribution in [3.63, 3.8) is 0 Å². The lowest BCUT2D eigenvalue weighted by molar-refractivity contribution is 0.648. The van der Waals surface area contributed by atoms with Crippen molar-refractivity contribution in [2.24, 2.45) is 4.99 Å². The van der Waals surface area contributed by atoms with Crippen LogP contribution in [0.1, 0.15) is 19.3 Å². The van der Waals surface area contributed by atoms with Gasteiger partial charge in [-0.15, -0.1) is 0 Å². The summed E-state index contributed by atoms with van der Waals surface area (Å²) < 4.78 is 1.13. The monoisotopic (exact) mass is 336 g/mol. The molecule has 0 aromatic heterocycles. The van der Waals surface area contributed by atoms with Gasteiger partial charge in [-0.3, -0.25) is 4.99 Å². The Hall–Kier alpha value is -1.23. The summed E-state index contributed by atoms with van der Waals surface area (Å²) >= 11 is 3.48. The van der Waals surface area contributed by atoms with E-state index in [1.807, 2.05) is 7.05 Å². The summed E-state index contributed by atoms with van der Waals surface area (Å²) in [5.74, 6) is 0.954. The van der Waals surface area contributed by atoms with Crippen molar-refractivity contribution >= 4 is 27.6 Å². The van der Waals surface area contributed by atoms with Gasteiger partial charge in [-0.2, -0.15) is 0 Å². The van der Waals surface area contributed by atoms with E-state index in [-0.39, 0.29) is 0 Å². The lowest BCUT2D eigenvalue weighted by Crippen LogP contribution is -2.45. The Morgan fingerprint density at radius 3 is 2.50 bits per heavy atom. The van der Waals surface area contributed by atoms with Crippen LogP contribution < -0.4 is 15.5 Å². The Bertz CT molecular complexity index is 481. The number of nitrogens with one attached hydrogen (secondary N) is 2. The molecule has 2 N–H and O–H groups in total. The van der Waals surface area contributed by atoms with Crippen molar-refractivity contribution in [3.05, 3.63) is 28.7 Å². The summed E-state index contributed by atoms with van der Waals surface area (Å²) in [5.41, 5.74) is 1.29. The number of guanidine groups is 1. The molecule has 20 heavy (non-hydrogen) atoms. The fourth-order valence-electron chi connectivity index (χ4n) is 2.55. The molecule has 1 aromatic rings. The van der Waals surface area contributed by atoms with Crippen LogP contribution in [-0.2, 0) is 0 Å². The summed E-state index contributed by atoms with van der Waals surface area (Å²) in [6.07, 6.45) is 3.70. The van der Waals surface area contributed by atoms with Crippen molar-refractivity contribution < 1.29 is 0 Å². The van der Waals surface area contributed by atoms with Crippen LogP contribution in [0.25, 0.3) is 0 Å². The van der Waals surface area contributed by atoms with Gasteiger partial charge in [-0.05, 0) is 43.5 Å². The Kier molecular flexibility index (Phi) is 4.15. The van der Waals surface area contributed by atoms with Gasteiger partial charge in [-0.1, -0.05) is 15.9 Å². The summed E-state index contributed by atoms with van der Waals surface area (Å²) in [6.45, 7) is 2.13. The fraction of sp³-hybridized carbons (Fsp3) is 0.533. The minimum absolute atomic E-state index is 0.476. The number of hydrogen-bond donors (Lipinski definition) is 2. The maximum absolute atomic E-state index is 4.31. The van der Waals surface area contributed by atoms with Crippen molar-refractivity contribution in [2.45, 2.75) is 31.3 Å². The fourth-order valence-corrected chi connectivity index (χ4v) is 2.81. The van der Waals surface area contributed by atoms with Crippen LogP contribution in [-0.4, -0.2) is 38.2 Å². The molecule has 0 radical (unpaired) electrons. The van der Waals surface area contributed by atoms with E-state index in [1.54, 1.807) is 0 Å². The Morgan fingerprint density at radius 2 is 1.85 bits per heavy atom. The number of nitrogens with zero attached hydrogens (tertiary/aromatic N) is 2. The number of hydrogen-bond acceptors (Lipinski definition) is 2.